The van der Waals surface area contributed by atoms with Crippen molar-refractivity contribution in [2.45, 2.75) is 36.9 Å². The third kappa shape index (κ3) is 7.01. The minimum absolute atomic E-state index is 0.198. The highest BCUT2D eigenvalue weighted by atomic mass is 32.2. The van der Waals surface area contributed by atoms with Crippen LogP contribution in [-0.2, 0) is 42.7 Å². The van der Waals surface area contributed by atoms with E-state index in [9.17, 15) is 16.8 Å². The first-order valence-electron chi connectivity index (χ1n) is 16.9. The molecule has 0 amide bonds. The third-order valence-electron chi connectivity index (χ3n) is 10.0. The van der Waals surface area contributed by atoms with E-state index >= 15 is 0 Å². The molecule has 1 aliphatic carbocycles. The fourth-order valence-corrected chi connectivity index (χ4v) is 10.2. The van der Waals surface area contributed by atoms with Crippen LogP contribution < -0.4 is 0 Å². The predicted octanol–water partition coefficient (Wildman–Crippen LogP) is 6.29. The molecule has 2 saturated heterocycles. The van der Waals surface area contributed by atoms with E-state index in [0.29, 0.717) is 13.2 Å². The summed E-state index contributed by atoms with van der Waals surface area (Å²) in [5.41, 5.74) is 7.82. The number of benzene rings is 4. The second kappa shape index (κ2) is 14.4. The van der Waals surface area contributed by atoms with Crippen molar-refractivity contribution in [3.63, 3.8) is 0 Å². The molecule has 2 heterocycles. The topological polar surface area (TPSA) is 93.2 Å². The van der Waals surface area contributed by atoms with Gasteiger partial charge in [0.15, 0.2) is 0 Å². The molecule has 0 saturated carbocycles. The van der Waals surface area contributed by atoms with E-state index in [1.54, 1.807) is 32.9 Å². The van der Waals surface area contributed by atoms with Gasteiger partial charge in [-0.05, 0) is 71.5 Å². The minimum Gasteiger partial charge on any atom is -0.372 e. The number of nitrogens with zero attached hydrogens (tertiary/aromatic N) is 2. The van der Waals surface area contributed by atoms with Crippen molar-refractivity contribution in [3.8, 4) is 0 Å². The number of aryl methyl sites for hydroxylation is 2. The smallest absolute Gasteiger partial charge is 0.243 e. The SMILES string of the molecule is Cc1ccc(S(=O)(=O)N2CC3=C(COCc4ccccc4)C(COCc4ccccc4)=C4CN(S(=O)(=O)c5ccc(C)cc5)C[C@@H]4[C@H]3C2)cc1. The lowest BCUT2D eigenvalue weighted by Crippen LogP contribution is -2.32. The largest absolute Gasteiger partial charge is 0.372 e. The number of sulfonamides is 2. The van der Waals surface area contributed by atoms with Gasteiger partial charge in [0.1, 0.15) is 0 Å². The Kier molecular flexibility index (Phi) is 9.93. The molecular formula is C40H42N2O6S2. The molecule has 0 aromatic heterocycles. The Bertz CT molecular complexity index is 1960. The molecular weight excluding hydrogens is 669 g/mol. The van der Waals surface area contributed by atoms with Gasteiger partial charge < -0.3 is 9.47 Å². The molecule has 50 heavy (non-hydrogen) atoms. The average Bonchev–Trinajstić information content (AvgIpc) is 3.77. The first kappa shape index (κ1) is 34.5. The van der Waals surface area contributed by atoms with Gasteiger partial charge in [0.25, 0.3) is 0 Å². The monoisotopic (exact) mass is 710 g/mol. The number of rotatable bonds is 12. The van der Waals surface area contributed by atoms with Gasteiger partial charge in [0.2, 0.25) is 20.0 Å². The molecule has 4 aromatic carbocycles. The Morgan fingerprint density at radius 3 is 1.24 bits per heavy atom. The Labute approximate surface area is 295 Å². The maximum absolute atomic E-state index is 14.1. The Morgan fingerprint density at radius 1 is 0.520 bits per heavy atom. The van der Waals surface area contributed by atoms with Gasteiger partial charge in [-0.25, -0.2) is 16.8 Å². The second-order valence-electron chi connectivity index (χ2n) is 13.4. The molecule has 3 aliphatic rings. The summed E-state index contributed by atoms with van der Waals surface area (Å²) in [7, 11) is -7.62. The van der Waals surface area contributed by atoms with Crippen molar-refractivity contribution < 1.29 is 26.3 Å². The first-order chi connectivity index (χ1) is 24.1. The molecule has 0 radical (unpaired) electrons. The van der Waals surface area contributed by atoms with E-state index in [1.807, 2.05) is 98.8 Å². The molecule has 0 unspecified atom stereocenters. The van der Waals surface area contributed by atoms with E-state index in [2.05, 4.69) is 0 Å². The standard InChI is InChI=1S/C40H42N2O6S2/c1-29-13-17-33(18-14-29)49(43,44)41-21-35-36-22-42(50(45,46)34-19-15-30(2)16-20-34)24-38(36)40(28-48-26-32-11-7-4-8-12-32)39(37(35)23-41)27-47-25-31-9-5-3-6-10-31/h3-20,35-36H,21-28H2,1-2H3/t35-,36-/m1/s1. The summed E-state index contributed by atoms with van der Waals surface area (Å²) in [5, 5.41) is 0. The Balaban J connectivity index is 1.27. The number of hydrogen-bond donors (Lipinski definition) is 0. The predicted molar refractivity (Wildman–Crippen MR) is 193 cm³/mol. The molecule has 10 heteroatoms. The van der Waals surface area contributed by atoms with Crippen LogP contribution in [0.5, 0.6) is 0 Å². The Morgan fingerprint density at radius 2 is 0.880 bits per heavy atom. The first-order valence-corrected chi connectivity index (χ1v) is 19.8. The number of hydrogen-bond acceptors (Lipinski definition) is 6. The summed E-state index contributed by atoms with van der Waals surface area (Å²) in [5.74, 6) is -0.395. The van der Waals surface area contributed by atoms with E-state index in [4.69, 9.17) is 9.47 Å². The van der Waals surface area contributed by atoms with Crippen molar-refractivity contribution in [1.29, 1.82) is 0 Å². The molecule has 4 aromatic rings. The molecule has 260 valence electrons. The normalized spacial score (nSPS) is 20.0. The molecule has 2 aliphatic heterocycles. The summed E-state index contributed by atoms with van der Waals surface area (Å²) in [6, 6.07) is 33.7. The highest BCUT2D eigenvalue weighted by molar-refractivity contribution is 7.89. The summed E-state index contributed by atoms with van der Waals surface area (Å²) in [6.45, 7) is 6.09. The summed E-state index contributed by atoms with van der Waals surface area (Å²) in [4.78, 5) is 0.498. The van der Waals surface area contributed by atoms with E-state index in [1.165, 1.54) is 0 Å². The van der Waals surface area contributed by atoms with Crippen LogP contribution in [0, 0.1) is 25.7 Å². The van der Waals surface area contributed by atoms with Crippen molar-refractivity contribution in [2.75, 3.05) is 39.4 Å². The fourth-order valence-electron chi connectivity index (χ4n) is 7.30. The van der Waals surface area contributed by atoms with Gasteiger partial charge in [0, 0.05) is 38.0 Å². The zero-order chi connectivity index (χ0) is 34.9. The molecule has 2 fully saturated rings. The second-order valence-corrected chi connectivity index (χ2v) is 17.3. The molecule has 0 bridgehead atoms. The van der Waals surface area contributed by atoms with E-state index in [0.717, 1.165) is 44.5 Å². The zero-order valence-corrected chi connectivity index (χ0v) is 30.0. The lowest BCUT2D eigenvalue weighted by molar-refractivity contribution is 0.127. The minimum atomic E-state index is -3.81. The maximum Gasteiger partial charge on any atom is 0.243 e. The van der Waals surface area contributed by atoms with E-state index in [-0.39, 0.29) is 61.0 Å². The van der Waals surface area contributed by atoms with Gasteiger partial charge in [-0.1, -0.05) is 96.1 Å². The van der Waals surface area contributed by atoms with Gasteiger partial charge in [-0.15, -0.1) is 0 Å². The van der Waals surface area contributed by atoms with Crippen LogP contribution in [0.1, 0.15) is 22.3 Å². The van der Waals surface area contributed by atoms with Crippen LogP contribution in [0.15, 0.2) is 141 Å². The van der Waals surface area contributed by atoms with Crippen LogP contribution in [0.4, 0.5) is 0 Å². The zero-order valence-electron chi connectivity index (χ0n) is 28.4. The highest BCUT2D eigenvalue weighted by Gasteiger charge is 2.50. The van der Waals surface area contributed by atoms with Crippen LogP contribution in [0.25, 0.3) is 0 Å². The lowest BCUT2D eigenvalue weighted by atomic mass is 9.74. The van der Waals surface area contributed by atoms with Crippen molar-refractivity contribution >= 4 is 20.0 Å². The summed E-state index contributed by atoms with van der Waals surface area (Å²) < 4.78 is 72.1. The molecule has 7 rings (SSSR count). The quantitative estimate of drug-likeness (QED) is 0.172. The average molecular weight is 711 g/mol. The third-order valence-corrected chi connectivity index (χ3v) is 13.7. The summed E-state index contributed by atoms with van der Waals surface area (Å²) in [6.07, 6.45) is 0. The van der Waals surface area contributed by atoms with Crippen LogP contribution in [-0.4, -0.2) is 64.8 Å². The van der Waals surface area contributed by atoms with Gasteiger partial charge in [-0.3, -0.25) is 0 Å². The van der Waals surface area contributed by atoms with Gasteiger partial charge in [-0.2, -0.15) is 8.61 Å². The Hall–Kier alpha value is -3.90. The molecule has 0 spiro atoms. The van der Waals surface area contributed by atoms with Crippen LogP contribution >= 0.6 is 0 Å². The molecule has 8 nitrogen and oxygen atoms in total. The van der Waals surface area contributed by atoms with Crippen LogP contribution in [0.3, 0.4) is 0 Å². The van der Waals surface area contributed by atoms with Crippen molar-refractivity contribution in [1.82, 2.24) is 8.61 Å². The van der Waals surface area contributed by atoms with Gasteiger partial charge in [0.05, 0.1) is 36.2 Å². The number of fused-ring (bicyclic) bond motifs is 3. The lowest BCUT2D eigenvalue weighted by Gasteiger charge is -2.31. The fraction of sp³-hybridized carbons (Fsp3) is 0.300. The molecule has 2 atom stereocenters. The van der Waals surface area contributed by atoms with Crippen molar-refractivity contribution in [2.24, 2.45) is 11.8 Å². The number of ether oxygens (including phenoxy) is 2. The van der Waals surface area contributed by atoms with Crippen molar-refractivity contribution in [3.05, 3.63) is 154 Å². The maximum atomic E-state index is 14.1. The van der Waals surface area contributed by atoms with E-state index < -0.39 is 20.0 Å². The van der Waals surface area contributed by atoms with Crippen LogP contribution in [0.2, 0.25) is 0 Å². The molecule has 0 N–H and O–H groups in total. The summed E-state index contributed by atoms with van der Waals surface area (Å²) >= 11 is 0. The highest BCUT2D eigenvalue weighted by Crippen LogP contribution is 2.48. The van der Waals surface area contributed by atoms with Gasteiger partial charge >= 0.3 is 0 Å².